The van der Waals surface area contributed by atoms with Crippen LogP contribution in [-0.4, -0.2) is 22.5 Å². The third-order valence-electron chi connectivity index (χ3n) is 4.48. The molecule has 0 N–H and O–H groups in total. The van der Waals surface area contributed by atoms with Gasteiger partial charge in [0.05, 0.1) is 6.07 Å². The van der Waals surface area contributed by atoms with Gasteiger partial charge in [-0.25, -0.2) is 4.79 Å². The predicted octanol–water partition coefficient (Wildman–Crippen LogP) is 3.03. The molecule has 0 atom stereocenters. The lowest BCUT2D eigenvalue weighted by Crippen LogP contribution is -2.43. The van der Waals surface area contributed by atoms with Crippen LogP contribution in [0.25, 0.3) is 0 Å². The maximum absolute atomic E-state index is 12.4. The molecule has 0 aromatic rings. The SMILES string of the molecule is CC1(C)CC2=C(C(=O)O1)N([C@H]1CC[C@H](C#N)CC1)C=C=C2. The molecule has 4 heteroatoms. The predicted molar refractivity (Wildman–Crippen MR) is 77.7 cm³/mol. The van der Waals surface area contributed by atoms with Gasteiger partial charge in [-0.2, -0.15) is 5.26 Å². The quantitative estimate of drug-likeness (QED) is 0.548. The molecule has 0 spiro atoms. The number of carbonyl (C=O) groups is 1. The molecular weight excluding hydrogens is 264 g/mol. The number of allylic oxidation sites excluding steroid dienone is 1. The standard InChI is InChI=1S/C17H20N2O2/c1-17(2)10-13-4-3-9-19(15(13)16(20)21-17)14-7-5-12(11-18)6-8-14/h4,9,12,14H,5-8,10H2,1-2H3/t12-,14-. The molecule has 0 bridgehead atoms. The molecule has 0 unspecified atom stereocenters. The molecule has 0 amide bonds. The minimum Gasteiger partial charge on any atom is -0.455 e. The van der Waals surface area contributed by atoms with Crippen molar-refractivity contribution in [3.63, 3.8) is 0 Å². The Bertz CT molecular complexity index is 595. The van der Waals surface area contributed by atoms with Crippen LogP contribution >= 0.6 is 0 Å². The lowest BCUT2D eigenvalue weighted by atomic mass is 9.85. The number of carbonyl (C=O) groups excluding carboxylic acids is 1. The first kappa shape index (κ1) is 14.0. The van der Waals surface area contributed by atoms with Gasteiger partial charge in [-0.15, -0.1) is 5.73 Å². The zero-order valence-electron chi connectivity index (χ0n) is 12.6. The van der Waals surface area contributed by atoms with Crippen molar-refractivity contribution in [2.75, 3.05) is 0 Å². The minimum atomic E-state index is -0.449. The minimum absolute atomic E-state index is 0.163. The molecule has 0 aromatic heterocycles. The average Bonchev–Trinajstić information content (AvgIpc) is 2.45. The van der Waals surface area contributed by atoms with E-state index in [1.165, 1.54) is 0 Å². The fourth-order valence-electron chi connectivity index (χ4n) is 3.45. The van der Waals surface area contributed by atoms with Crippen LogP contribution in [0.5, 0.6) is 0 Å². The van der Waals surface area contributed by atoms with Gasteiger partial charge in [0.15, 0.2) is 0 Å². The van der Waals surface area contributed by atoms with Crippen molar-refractivity contribution in [1.82, 2.24) is 4.90 Å². The van der Waals surface area contributed by atoms with Crippen molar-refractivity contribution >= 4 is 5.97 Å². The van der Waals surface area contributed by atoms with E-state index in [0.717, 1.165) is 37.7 Å². The lowest BCUT2D eigenvalue weighted by molar-refractivity contribution is -0.155. The third-order valence-corrected chi connectivity index (χ3v) is 4.48. The molecule has 3 rings (SSSR count). The summed E-state index contributed by atoms with van der Waals surface area (Å²) in [5, 5.41) is 9.00. The Morgan fingerprint density at radius 3 is 2.76 bits per heavy atom. The Kier molecular flexibility index (Phi) is 3.39. The first-order valence-electron chi connectivity index (χ1n) is 7.57. The summed E-state index contributed by atoms with van der Waals surface area (Å²) in [7, 11) is 0. The van der Waals surface area contributed by atoms with Crippen LogP contribution in [0.2, 0.25) is 0 Å². The third kappa shape index (κ3) is 2.62. The summed E-state index contributed by atoms with van der Waals surface area (Å²) in [5.41, 5.74) is 4.40. The van der Waals surface area contributed by atoms with Crippen molar-refractivity contribution in [2.45, 2.75) is 57.6 Å². The molecule has 3 aliphatic rings. The van der Waals surface area contributed by atoms with Crippen LogP contribution in [0, 0.1) is 17.2 Å². The maximum atomic E-state index is 12.4. The number of esters is 1. The summed E-state index contributed by atoms with van der Waals surface area (Å²) in [4.78, 5) is 14.4. The summed E-state index contributed by atoms with van der Waals surface area (Å²) in [6.45, 7) is 3.87. The number of cyclic esters (lactones) is 1. The fraction of sp³-hybridized carbons (Fsp3) is 0.588. The van der Waals surface area contributed by atoms with E-state index in [4.69, 9.17) is 10.00 Å². The molecule has 1 aliphatic carbocycles. The molecule has 0 radical (unpaired) electrons. The Labute approximate surface area is 125 Å². The topological polar surface area (TPSA) is 53.3 Å². The van der Waals surface area contributed by atoms with Gasteiger partial charge < -0.3 is 9.64 Å². The number of hydrogen-bond donors (Lipinski definition) is 0. The molecule has 2 heterocycles. The number of ether oxygens (including phenoxy) is 1. The monoisotopic (exact) mass is 284 g/mol. The molecule has 4 nitrogen and oxygen atoms in total. The highest BCUT2D eigenvalue weighted by atomic mass is 16.6. The van der Waals surface area contributed by atoms with Crippen molar-refractivity contribution in [3.8, 4) is 6.07 Å². The number of nitrogens with zero attached hydrogens (tertiary/aromatic N) is 2. The van der Waals surface area contributed by atoms with E-state index >= 15 is 0 Å². The number of hydrogen-bond acceptors (Lipinski definition) is 4. The summed E-state index contributed by atoms with van der Waals surface area (Å²) in [5.74, 6) is -0.0751. The summed E-state index contributed by atoms with van der Waals surface area (Å²) in [6.07, 6.45) is 8.15. The molecule has 0 aromatic carbocycles. The Morgan fingerprint density at radius 2 is 2.10 bits per heavy atom. The molecule has 2 aliphatic heterocycles. The molecule has 21 heavy (non-hydrogen) atoms. The van der Waals surface area contributed by atoms with Crippen LogP contribution in [0.3, 0.4) is 0 Å². The van der Waals surface area contributed by atoms with E-state index in [-0.39, 0.29) is 17.9 Å². The van der Waals surface area contributed by atoms with Gasteiger partial charge in [0.2, 0.25) is 0 Å². The summed E-state index contributed by atoms with van der Waals surface area (Å²) in [6, 6.07) is 2.62. The van der Waals surface area contributed by atoms with Gasteiger partial charge in [0, 0.05) is 24.6 Å². The van der Waals surface area contributed by atoms with Gasteiger partial charge in [-0.1, -0.05) is 0 Å². The van der Waals surface area contributed by atoms with E-state index < -0.39 is 5.60 Å². The van der Waals surface area contributed by atoms with E-state index in [1.807, 2.05) is 31.0 Å². The van der Waals surface area contributed by atoms with Crippen LogP contribution in [-0.2, 0) is 9.53 Å². The molecular formula is C17H20N2O2. The first-order valence-corrected chi connectivity index (χ1v) is 7.57. The molecule has 1 saturated carbocycles. The molecule has 110 valence electrons. The number of rotatable bonds is 1. The average molecular weight is 284 g/mol. The Balaban J connectivity index is 1.85. The van der Waals surface area contributed by atoms with Gasteiger partial charge in [0.25, 0.3) is 0 Å². The highest BCUT2D eigenvalue weighted by molar-refractivity contribution is 5.91. The smallest absolute Gasteiger partial charge is 0.355 e. The second-order valence-corrected chi connectivity index (χ2v) is 6.68. The van der Waals surface area contributed by atoms with E-state index in [0.29, 0.717) is 5.70 Å². The maximum Gasteiger partial charge on any atom is 0.355 e. The van der Waals surface area contributed by atoms with Gasteiger partial charge in [-0.3, -0.25) is 0 Å². The Morgan fingerprint density at radius 1 is 1.38 bits per heavy atom. The molecule has 1 fully saturated rings. The van der Waals surface area contributed by atoms with E-state index in [9.17, 15) is 4.79 Å². The van der Waals surface area contributed by atoms with Gasteiger partial charge >= 0.3 is 5.97 Å². The van der Waals surface area contributed by atoms with Gasteiger partial charge in [0.1, 0.15) is 11.3 Å². The van der Waals surface area contributed by atoms with Crippen LogP contribution < -0.4 is 0 Å². The lowest BCUT2D eigenvalue weighted by Gasteiger charge is -2.40. The van der Waals surface area contributed by atoms with Crippen molar-refractivity contribution in [3.05, 3.63) is 29.3 Å². The molecule has 0 saturated heterocycles. The van der Waals surface area contributed by atoms with Crippen molar-refractivity contribution in [2.24, 2.45) is 5.92 Å². The second-order valence-electron chi connectivity index (χ2n) is 6.68. The largest absolute Gasteiger partial charge is 0.455 e. The van der Waals surface area contributed by atoms with E-state index in [1.54, 1.807) is 0 Å². The highest BCUT2D eigenvalue weighted by Gasteiger charge is 2.39. The van der Waals surface area contributed by atoms with Crippen LogP contribution in [0.4, 0.5) is 0 Å². The highest BCUT2D eigenvalue weighted by Crippen LogP contribution is 2.37. The normalized spacial score (nSPS) is 30.7. The first-order chi connectivity index (χ1) is 10.00. The fourth-order valence-corrected chi connectivity index (χ4v) is 3.45. The van der Waals surface area contributed by atoms with Gasteiger partial charge in [-0.05, 0) is 51.2 Å². The summed E-state index contributed by atoms with van der Waals surface area (Å²) < 4.78 is 5.55. The number of nitriles is 1. The zero-order chi connectivity index (χ0) is 15.0. The van der Waals surface area contributed by atoms with Crippen molar-refractivity contribution in [1.29, 1.82) is 5.26 Å². The van der Waals surface area contributed by atoms with Crippen LogP contribution in [0.15, 0.2) is 29.3 Å². The Hall–Kier alpha value is -1.98. The second kappa shape index (κ2) is 5.09. The van der Waals surface area contributed by atoms with Crippen molar-refractivity contribution < 1.29 is 9.53 Å². The van der Waals surface area contributed by atoms with Crippen LogP contribution in [0.1, 0.15) is 46.0 Å². The van der Waals surface area contributed by atoms with E-state index in [2.05, 4.69) is 11.8 Å². The zero-order valence-corrected chi connectivity index (χ0v) is 12.6. The summed E-state index contributed by atoms with van der Waals surface area (Å²) >= 11 is 0.